The summed E-state index contributed by atoms with van der Waals surface area (Å²) in [7, 11) is 0. The van der Waals surface area contributed by atoms with Crippen molar-refractivity contribution in [2.75, 3.05) is 5.32 Å². The van der Waals surface area contributed by atoms with Crippen LogP contribution in [0.3, 0.4) is 0 Å². The van der Waals surface area contributed by atoms with Crippen molar-refractivity contribution in [3.8, 4) is 5.75 Å². The third-order valence-electron chi connectivity index (χ3n) is 3.82. The first-order chi connectivity index (χ1) is 12.1. The van der Waals surface area contributed by atoms with Gasteiger partial charge in [-0.05, 0) is 25.0 Å². The van der Waals surface area contributed by atoms with Gasteiger partial charge in [0.25, 0.3) is 0 Å². The number of unbranched alkanes of at least 4 members (excludes halogenated alkanes) is 1. The fraction of sp³-hybridized carbons (Fsp3) is 0.444. The molecule has 7 heteroatoms. The Bertz CT molecular complexity index is 694. The van der Waals surface area contributed by atoms with Crippen LogP contribution in [0.4, 0.5) is 5.82 Å². The smallest absolute Gasteiger partial charge is 0.354 e. The van der Waals surface area contributed by atoms with Crippen molar-refractivity contribution in [2.45, 2.75) is 52.2 Å². The van der Waals surface area contributed by atoms with Crippen molar-refractivity contribution in [1.82, 2.24) is 15.0 Å². The number of hydrogen-bond acceptors (Lipinski definition) is 6. The van der Waals surface area contributed by atoms with Gasteiger partial charge in [0.2, 0.25) is 0 Å². The Balaban J connectivity index is 2.05. The number of aromatic nitrogens is 3. The van der Waals surface area contributed by atoms with E-state index < -0.39 is 5.97 Å². The maximum atomic E-state index is 11.0. The molecular weight excluding hydrogens is 320 g/mol. The van der Waals surface area contributed by atoms with E-state index in [0.717, 1.165) is 25.7 Å². The second kappa shape index (κ2) is 9.56. The van der Waals surface area contributed by atoms with Gasteiger partial charge in [-0.15, -0.1) is 0 Å². The minimum Gasteiger partial charge on any atom is -0.482 e. The molecule has 0 aliphatic heterocycles. The Kier molecular flexibility index (Phi) is 7.13. The molecule has 134 valence electrons. The van der Waals surface area contributed by atoms with Gasteiger partial charge >= 0.3 is 5.97 Å². The van der Waals surface area contributed by atoms with E-state index in [-0.39, 0.29) is 12.3 Å². The van der Waals surface area contributed by atoms with Gasteiger partial charge in [0, 0.05) is 6.04 Å². The molecule has 2 N–H and O–H groups in total. The summed E-state index contributed by atoms with van der Waals surface area (Å²) >= 11 is 0. The number of rotatable bonds is 10. The first-order valence-electron chi connectivity index (χ1n) is 8.52. The highest BCUT2D eigenvalue weighted by Gasteiger charge is 2.12. The Morgan fingerprint density at radius 3 is 2.92 bits per heavy atom. The number of ether oxygens (including phenoxy) is 1. The van der Waals surface area contributed by atoms with Crippen molar-refractivity contribution in [1.29, 1.82) is 0 Å². The van der Waals surface area contributed by atoms with E-state index in [0.29, 0.717) is 23.3 Å². The van der Waals surface area contributed by atoms with Crippen LogP contribution in [-0.4, -0.2) is 32.1 Å². The molecule has 0 amide bonds. The van der Waals surface area contributed by atoms with E-state index in [1.807, 2.05) is 0 Å². The number of carboxylic acids is 1. The van der Waals surface area contributed by atoms with Crippen molar-refractivity contribution < 1.29 is 14.6 Å². The SMILES string of the molecule is CCCCC(CC)Nc1ncncc1OCc1cccc(C(=O)O)n1. The van der Waals surface area contributed by atoms with Gasteiger partial charge in [0.05, 0.1) is 11.9 Å². The van der Waals surface area contributed by atoms with Crippen LogP contribution in [0, 0.1) is 0 Å². The Morgan fingerprint density at radius 1 is 1.36 bits per heavy atom. The summed E-state index contributed by atoms with van der Waals surface area (Å²) in [5.41, 5.74) is 0.530. The summed E-state index contributed by atoms with van der Waals surface area (Å²) in [6.07, 6.45) is 7.44. The second-order valence-electron chi connectivity index (χ2n) is 5.74. The van der Waals surface area contributed by atoms with E-state index in [4.69, 9.17) is 9.84 Å². The van der Waals surface area contributed by atoms with Crippen molar-refractivity contribution in [3.05, 3.63) is 42.1 Å². The van der Waals surface area contributed by atoms with Crippen LogP contribution >= 0.6 is 0 Å². The number of carbonyl (C=O) groups is 1. The largest absolute Gasteiger partial charge is 0.482 e. The van der Waals surface area contributed by atoms with Gasteiger partial charge in [0.15, 0.2) is 11.6 Å². The first kappa shape index (κ1) is 18.6. The predicted molar refractivity (Wildman–Crippen MR) is 94.8 cm³/mol. The molecule has 1 atom stereocenters. The normalized spacial score (nSPS) is 11.8. The van der Waals surface area contributed by atoms with Gasteiger partial charge in [-0.2, -0.15) is 0 Å². The summed E-state index contributed by atoms with van der Waals surface area (Å²) in [6, 6.07) is 5.14. The van der Waals surface area contributed by atoms with Crippen LogP contribution in [0.1, 0.15) is 55.7 Å². The molecule has 1 unspecified atom stereocenters. The molecule has 0 saturated heterocycles. The summed E-state index contributed by atoms with van der Waals surface area (Å²) in [5.74, 6) is 0.112. The summed E-state index contributed by atoms with van der Waals surface area (Å²) in [5, 5.41) is 12.4. The zero-order chi connectivity index (χ0) is 18.1. The number of nitrogens with zero attached hydrogens (tertiary/aromatic N) is 3. The summed E-state index contributed by atoms with van der Waals surface area (Å²) in [4.78, 5) is 23.3. The molecule has 0 radical (unpaired) electrons. The molecule has 25 heavy (non-hydrogen) atoms. The van der Waals surface area contributed by atoms with Crippen LogP contribution in [0.5, 0.6) is 5.75 Å². The van der Waals surface area contributed by atoms with Crippen LogP contribution in [0.15, 0.2) is 30.7 Å². The highest BCUT2D eigenvalue weighted by Crippen LogP contribution is 2.23. The number of nitrogens with one attached hydrogen (secondary N) is 1. The fourth-order valence-electron chi connectivity index (χ4n) is 2.38. The average Bonchev–Trinajstić information content (AvgIpc) is 2.64. The molecule has 0 spiro atoms. The van der Waals surface area contributed by atoms with Crippen LogP contribution in [-0.2, 0) is 6.61 Å². The fourth-order valence-corrected chi connectivity index (χ4v) is 2.38. The number of hydrogen-bond donors (Lipinski definition) is 2. The molecule has 2 rings (SSSR count). The van der Waals surface area contributed by atoms with Crippen LogP contribution in [0.2, 0.25) is 0 Å². The van der Waals surface area contributed by atoms with E-state index in [1.165, 1.54) is 12.4 Å². The topological polar surface area (TPSA) is 97.2 Å². The monoisotopic (exact) mass is 344 g/mol. The molecule has 0 fully saturated rings. The Morgan fingerprint density at radius 2 is 2.20 bits per heavy atom. The lowest BCUT2D eigenvalue weighted by atomic mass is 10.1. The predicted octanol–water partition coefficient (Wildman–Crippen LogP) is 3.53. The second-order valence-corrected chi connectivity index (χ2v) is 5.74. The van der Waals surface area contributed by atoms with Crippen LogP contribution < -0.4 is 10.1 Å². The molecule has 7 nitrogen and oxygen atoms in total. The van der Waals surface area contributed by atoms with Gasteiger partial charge in [-0.3, -0.25) is 0 Å². The molecule has 2 aromatic heterocycles. The van der Waals surface area contributed by atoms with Crippen LogP contribution in [0.25, 0.3) is 0 Å². The number of anilines is 1. The third kappa shape index (κ3) is 5.70. The Labute approximate surface area is 147 Å². The average molecular weight is 344 g/mol. The molecule has 2 aromatic rings. The van der Waals surface area contributed by atoms with Crippen molar-refractivity contribution in [3.63, 3.8) is 0 Å². The lowest BCUT2D eigenvalue weighted by Crippen LogP contribution is -2.19. The van der Waals surface area contributed by atoms with E-state index >= 15 is 0 Å². The van der Waals surface area contributed by atoms with Gasteiger partial charge < -0.3 is 15.2 Å². The number of pyridine rings is 1. The molecule has 0 aliphatic rings. The molecule has 0 aromatic carbocycles. The van der Waals surface area contributed by atoms with Gasteiger partial charge in [-0.25, -0.2) is 19.7 Å². The van der Waals surface area contributed by atoms with Crippen molar-refractivity contribution in [2.24, 2.45) is 0 Å². The van der Waals surface area contributed by atoms with Gasteiger partial charge in [-0.1, -0.05) is 32.8 Å². The summed E-state index contributed by atoms with van der Waals surface area (Å²) in [6.45, 7) is 4.45. The maximum Gasteiger partial charge on any atom is 0.354 e. The zero-order valence-corrected chi connectivity index (χ0v) is 14.6. The molecule has 0 saturated carbocycles. The highest BCUT2D eigenvalue weighted by molar-refractivity contribution is 5.85. The molecule has 0 bridgehead atoms. The quantitative estimate of drug-likeness (QED) is 0.680. The lowest BCUT2D eigenvalue weighted by Gasteiger charge is -2.19. The van der Waals surface area contributed by atoms with E-state index in [1.54, 1.807) is 18.3 Å². The minimum atomic E-state index is -1.06. The minimum absolute atomic E-state index is 0.00521. The van der Waals surface area contributed by atoms with Crippen molar-refractivity contribution >= 4 is 11.8 Å². The highest BCUT2D eigenvalue weighted by atomic mass is 16.5. The number of aromatic carboxylic acids is 1. The van der Waals surface area contributed by atoms with Gasteiger partial charge in [0.1, 0.15) is 18.6 Å². The zero-order valence-electron chi connectivity index (χ0n) is 14.6. The number of carboxylic acid groups (broad SMARTS) is 1. The summed E-state index contributed by atoms with van der Waals surface area (Å²) < 4.78 is 5.76. The molecule has 2 heterocycles. The molecule has 0 aliphatic carbocycles. The first-order valence-corrected chi connectivity index (χ1v) is 8.52. The molecular formula is C18H24N4O3. The lowest BCUT2D eigenvalue weighted by molar-refractivity contribution is 0.0690. The van der Waals surface area contributed by atoms with E-state index in [2.05, 4.69) is 34.1 Å². The van der Waals surface area contributed by atoms with E-state index in [9.17, 15) is 4.79 Å². The maximum absolute atomic E-state index is 11.0. The third-order valence-corrected chi connectivity index (χ3v) is 3.82. The Hall–Kier alpha value is -2.70. The standard InChI is InChI=1S/C18H24N4O3/c1-3-5-7-13(4-2)22-17-16(10-19-12-20-17)25-11-14-8-6-9-15(21-14)18(23)24/h6,8-10,12-13H,3-5,7,11H2,1-2H3,(H,23,24)(H,19,20,22).